The van der Waals surface area contributed by atoms with Crippen LogP contribution in [-0.4, -0.2) is 17.0 Å². The van der Waals surface area contributed by atoms with Crippen LogP contribution in [0.4, 0.5) is 0 Å². The molecule has 4 nitrogen and oxygen atoms in total. The number of rotatable bonds is 5. The fraction of sp³-hybridized carbons (Fsp3) is 0.259. The van der Waals surface area contributed by atoms with Crippen molar-refractivity contribution in [1.82, 2.24) is 0 Å². The highest BCUT2D eigenvalue weighted by Crippen LogP contribution is 2.37. The van der Waals surface area contributed by atoms with Gasteiger partial charge >= 0.3 is 11.9 Å². The van der Waals surface area contributed by atoms with E-state index in [1.165, 1.54) is 17.2 Å². The topological polar surface area (TPSA) is 63.6 Å². The molecular formula is C27H26O4. The van der Waals surface area contributed by atoms with Gasteiger partial charge in [-0.25, -0.2) is 9.59 Å². The number of benzene rings is 3. The van der Waals surface area contributed by atoms with Crippen LogP contribution in [0.2, 0.25) is 0 Å². The lowest BCUT2D eigenvalue weighted by Crippen LogP contribution is -2.24. The summed E-state index contributed by atoms with van der Waals surface area (Å²) in [5.41, 5.74) is 4.55. The quantitative estimate of drug-likeness (QED) is 0.423. The van der Waals surface area contributed by atoms with E-state index in [1.54, 1.807) is 18.2 Å². The van der Waals surface area contributed by atoms with Gasteiger partial charge in [-0.3, -0.25) is 0 Å². The molecule has 0 bridgehead atoms. The Morgan fingerprint density at radius 1 is 1.00 bits per heavy atom. The highest BCUT2D eigenvalue weighted by atomic mass is 16.5. The first-order valence-electron chi connectivity index (χ1n) is 10.6. The van der Waals surface area contributed by atoms with E-state index in [9.17, 15) is 14.7 Å². The highest BCUT2D eigenvalue weighted by Gasteiger charge is 2.28. The van der Waals surface area contributed by atoms with E-state index in [-0.39, 0.29) is 16.7 Å². The van der Waals surface area contributed by atoms with E-state index in [1.807, 2.05) is 42.5 Å². The van der Waals surface area contributed by atoms with Crippen molar-refractivity contribution in [3.63, 3.8) is 0 Å². The minimum absolute atomic E-state index is 0.00130. The van der Waals surface area contributed by atoms with Gasteiger partial charge in [-0.05, 0) is 59.6 Å². The van der Waals surface area contributed by atoms with Crippen LogP contribution in [0.3, 0.4) is 0 Å². The molecule has 3 aromatic rings. The predicted octanol–water partition coefficient (Wildman–Crippen LogP) is 5.81. The van der Waals surface area contributed by atoms with Gasteiger partial charge in [0.2, 0.25) is 0 Å². The average molecular weight is 415 g/mol. The summed E-state index contributed by atoms with van der Waals surface area (Å²) in [6, 6.07) is 20.4. The number of hydrogen-bond donors (Lipinski definition) is 1. The van der Waals surface area contributed by atoms with Gasteiger partial charge in [0.05, 0.1) is 5.56 Å². The lowest BCUT2D eigenvalue weighted by atomic mass is 9.72. The van der Waals surface area contributed by atoms with Gasteiger partial charge in [0.25, 0.3) is 0 Å². The fourth-order valence-electron chi connectivity index (χ4n) is 4.39. The summed E-state index contributed by atoms with van der Waals surface area (Å²) in [6.07, 6.45) is 3.69. The normalized spacial score (nSPS) is 14.5. The van der Waals surface area contributed by atoms with Gasteiger partial charge < -0.3 is 9.84 Å². The van der Waals surface area contributed by atoms with E-state index in [0.717, 1.165) is 24.8 Å². The summed E-state index contributed by atoms with van der Waals surface area (Å²) >= 11 is 0. The Bertz CT molecular complexity index is 1130. The van der Waals surface area contributed by atoms with Gasteiger partial charge in [0.15, 0.2) is 0 Å². The van der Waals surface area contributed by atoms with Crippen LogP contribution >= 0.6 is 0 Å². The van der Waals surface area contributed by atoms with E-state index in [4.69, 9.17) is 4.74 Å². The molecule has 1 N–H and O–H groups in total. The van der Waals surface area contributed by atoms with Crippen LogP contribution in [0.25, 0.3) is 0 Å². The number of aryl methyl sites for hydroxylation is 1. The second kappa shape index (κ2) is 8.38. The zero-order valence-electron chi connectivity index (χ0n) is 17.9. The number of carboxylic acids is 1. The Morgan fingerprint density at radius 3 is 2.52 bits per heavy atom. The second-order valence-electron chi connectivity index (χ2n) is 8.76. The predicted molar refractivity (Wildman–Crippen MR) is 120 cm³/mol. The molecular weight excluding hydrogens is 388 g/mol. The molecule has 0 unspecified atom stereocenters. The minimum Gasteiger partial charge on any atom is -0.478 e. The van der Waals surface area contributed by atoms with Crippen molar-refractivity contribution in [2.75, 3.05) is 0 Å². The second-order valence-corrected chi connectivity index (χ2v) is 8.76. The van der Waals surface area contributed by atoms with E-state index in [0.29, 0.717) is 17.5 Å². The first-order chi connectivity index (χ1) is 14.8. The van der Waals surface area contributed by atoms with Crippen LogP contribution in [-0.2, 0) is 18.3 Å². The molecule has 1 aliphatic carbocycles. The van der Waals surface area contributed by atoms with Crippen LogP contribution in [0.1, 0.15) is 69.7 Å². The number of hydrogen-bond acceptors (Lipinski definition) is 3. The van der Waals surface area contributed by atoms with Crippen molar-refractivity contribution in [2.45, 2.75) is 44.9 Å². The molecule has 1 aliphatic rings. The first-order valence-corrected chi connectivity index (χ1v) is 10.6. The third-order valence-corrected chi connectivity index (χ3v) is 6.08. The SMILES string of the molecule is CC1(C)CCCc2ccc(C(=O)Oc3c(Cc4ccccc4)cccc3C(=O)O)cc21. The molecule has 0 radical (unpaired) electrons. The minimum atomic E-state index is -1.12. The van der Waals surface area contributed by atoms with Crippen LogP contribution in [0.15, 0.2) is 66.7 Å². The molecule has 0 fully saturated rings. The van der Waals surface area contributed by atoms with E-state index >= 15 is 0 Å². The van der Waals surface area contributed by atoms with Crippen LogP contribution in [0, 0.1) is 0 Å². The molecule has 0 spiro atoms. The standard InChI is InChI=1S/C27H26O4/c1-27(2)15-7-11-19-13-14-21(17-23(19)27)26(30)31-24-20(10-6-12-22(24)25(28)29)16-18-8-4-3-5-9-18/h3-6,8-10,12-14,17H,7,11,15-16H2,1-2H3,(H,28,29). The third-order valence-electron chi connectivity index (χ3n) is 6.08. The van der Waals surface area contributed by atoms with Gasteiger partial charge in [0.1, 0.15) is 11.3 Å². The van der Waals surface area contributed by atoms with Crippen molar-refractivity contribution >= 4 is 11.9 Å². The maximum absolute atomic E-state index is 13.1. The van der Waals surface area contributed by atoms with Crippen LogP contribution in [0.5, 0.6) is 5.75 Å². The Morgan fingerprint density at radius 2 is 1.77 bits per heavy atom. The van der Waals surface area contributed by atoms with Crippen molar-refractivity contribution in [1.29, 1.82) is 0 Å². The molecule has 0 aliphatic heterocycles. The summed E-state index contributed by atoms with van der Waals surface area (Å²) in [6.45, 7) is 4.38. The number of fused-ring (bicyclic) bond motifs is 1. The molecule has 158 valence electrons. The van der Waals surface area contributed by atoms with Crippen molar-refractivity contribution in [3.05, 3.63) is 100 Å². The van der Waals surface area contributed by atoms with E-state index in [2.05, 4.69) is 13.8 Å². The maximum Gasteiger partial charge on any atom is 0.343 e. The lowest BCUT2D eigenvalue weighted by Gasteiger charge is -2.32. The number of ether oxygens (including phenoxy) is 1. The molecule has 0 aromatic heterocycles. The molecule has 31 heavy (non-hydrogen) atoms. The zero-order valence-corrected chi connectivity index (χ0v) is 17.9. The van der Waals surface area contributed by atoms with Gasteiger partial charge in [-0.15, -0.1) is 0 Å². The van der Waals surface area contributed by atoms with Crippen molar-refractivity contribution < 1.29 is 19.4 Å². The lowest BCUT2D eigenvalue weighted by molar-refractivity contribution is 0.0680. The summed E-state index contributed by atoms with van der Waals surface area (Å²) < 4.78 is 5.74. The van der Waals surface area contributed by atoms with Crippen molar-refractivity contribution in [2.24, 2.45) is 0 Å². The molecule has 0 atom stereocenters. The van der Waals surface area contributed by atoms with Crippen LogP contribution < -0.4 is 4.74 Å². The molecule has 4 rings (SSSR count). The van der Waals surface area contributed by atoms with Crippen molar-refractivity contribution in [3.8, 4) is 5.75 Å². The molecule has 0 amide bonds. The maximum atomic E-state index is 13.1. The number of esters is 1. The van der Waals surface area contributed by atoms with Gasteiger partial charge in [-0.1, -0.05) is 62.4 Å². The number of carbonyl (C=O) groups is 2. The third kappa shape index (κ3) is 4.38. The summed E-state index contributed by atoms with van der Waals surface area (Å²) in [7, 11) is 0. The largest absolute Gasteiger partial charge is 0.478 e. The number of aromatic carboxylic acids is 1. The summed E-state index contributed by atoms with van der Waals surface area (Å²) in [4.78, 5) is 24.9. The molecule has 3 aromatic carbocycles. The molecule has 0 heterocycles. The Balaban J connectivity index is 1.69. The van der Waals surface area contributed by atoms with E-state index < -0.39 is 11.9 Å². The molecule has 0 saturated carbocycles. The van der Waals surface area contributed by atoms with Gasteiger partial charge in [-0.2, -0.15) is 0 Å². The number of carbonyl (C=O) groups excluding carboxylic acids is 1. The van der Waals surface area contributed by atoms with Gasteiger partial charge in [0, 0.05) is 12.0 Å². The Kier molecular flexibility index (Phi) is 5.64. The Hall–Kier alpha value is -3.40. The Labute approximate surface area is 182 Å². The molecule has 4 heteroatoms. The average Bonchev–Trinajstić information content (AvgIpc) is 2.75. The zero-order chi connectivity index (χ0) is 22.0. The first kappa shape index (κ1) is 20.9. The highest BCUT2D eigenvalue weighted by molar-refractivity contribution is 5.96. The summed E-state index contributed by atoms with van der Waals surface area (Å²) in [5.74, 6) is -1.54. The smallest absolute Gasteiger partial charge is 0.343 e. The monoisotopic (exact) mass is 414 g/mol. The summed E-state index contributed by atoms with van der Waals surface area (Å²) in [5, 5.41) is 9.68. The fourth-order valence-corrected chi connectivity index (χ4v) is 4.39. The number of carboxylic acid groups (broad SMARTS) is 1. The molecule has 0 saturated heterocycles. The number of para-hydroxylation sites is 1.